The molecule has 0 spiro atoms. The van der Waals surface area contributed by atoms with Crippen LogP contribution in [0.15, 0.2) is 12.7 Å². The Balaban J connectivity index is 0. The van der Waals surface area contributed by atoms with Gasteiger partial charge in [0, 0.05) is 6.54 Å². The van der Waals surface area contributed by atoms with Gasteiger partial charge in [0.2, 0.25) is 0 Å². The maximum atomic E-state index is 3.56. The van der Waals surface area contributed by atoms with Crippen molar-refractivity contribution < 1.29 is 0 Å². The van der Waals surface area contributed by atoms with Crippen molar-refractivity contribution in [2.75, 3.05) is 20.6 Å². The molecule has 0 aromatic heterocycles. The highest BCUT2D eigenvalue weighted by atomic mass is 15.0. The summed E-state index contributed by atoms with van der Waals surface area (Å²) in [4.78, 5) is 2.06. The molecule has 0 aromatic carbocycles. The first-order valence-electron chi connectivity index (χ1n) is 2.03. The van der Waals surface area contributed by atoms with E-state index in [1.165, 1.54) is 0 Å². The zero-order valence-corrected chi connectivity index (χ0v) is 4.44. The number of hydrogen-bond donors (Lipinski definition) is 0. The molecule has 1 heteroatoms. The highest BCUT2D eigenvalue weighted by Crippen LogP contribution is 1.69. The maximum Gasteiger partial charge on any atom is 0.0154 e. The molecule has 0 aromatic rings. The molecular formula is C6H15N. The second kappa shape index (κ2) is 5.70. The SMILES string of the molecule is C.C=CCN(C)C. The number of hydrogen-bond acceptors (Lipinski definition) is 1. The van der Waals surface area contributed by atoms with Crippen LogP contribution in [0, 0.1) is 0 Å². The Morgan fingerprint density at radius 1 is 1.57 bits per heavy atom. The average molecular weight is 101 g/mol. The van der Waals surface area contributed by atoms with Gasteiger partial charge in [0.25, 0.3) is 0 Å². The van der Waals surface area contributed by atoms with Crippen molar-refractivity contribution >= 4 is 0 Å². The van der Waals surface area contributed by atoms with Crippen molar-refractivity contribution in [1.29, 1.82) is 0 Å². The maximum absolute atomic E-state index is 3.56. The van der Waals surface area contributed by atoms with Gasteiger partial charge >= 0.3 is 0 Å². The van der Waals surface area contributed by atoms with Gasteiger partial charge in [-0.05, 0) is 14.1 Å². The van der Waals surface area contributed by atoms with E-state index in [2.05, 4.69) is 11.5 Å². The van der Waals surface area contributed by atoms with Crippen LogP contribution < -0.4 is 0 Å². The third-order valence-corrected chi connectivity index (χ3v) is 0.494. The molecule has 0 heterocycles. The van der Waals surface area contributed by atoms with Crippen LogP contribution in [0.5, 0.6) is 0 Å². The molecule has 0 radical (unpaired) electrons. The molecule has 0 aliphatic rings. The molecule has 0 bridgehead atoms. The van der Waals surface area contributed by atoms with Crippen LogP contribution in [0.2, 0.25) is 0 Å². The molecule has 0 unspecified atom stereocenters. The second-order valence-electron chi connectivity index (χ2n) is 1.55. The Morgan fingerprint density at radius 3 is 2.00 bits per heavy atom. The second-order valence-corrected chi connectivity index (χ2v) is 1.55. The fourth-order valence-corrected chi connectivity index (χ4v) is 0.258. The van der Waals surface area contributed by atoms with E-state index in [4.69, 9.17) is 0 Å². The predicted molar refractivity (Wildman–Crippen MR) is 35.5 cm³/mol. The zero-order chi connectivity index (χ0) is 4.99. The summed E-state index contributed by atoms with van der Waals surface area (Å²) in [6.07, 6.45) is 1.88. The minimum Gasteiger partial charge on any atom is -0.306 e. The predicted octanol–water partition coefficient (Wildman–Crippen LogP) is 1.37. The van der Waals surface area contributed by atoms with E-state index >= 15 is 0 Å². The average Bonchev–Trinajstić information content (AvgIpc) is 1.35. The van der Waals surface area contributed by atoms with E-state index in [0.717, 1.165) is 6.54 Å². The molecule has 1 nitrogen and oxygen atoms in total. The van der Waals surface area contributed by atoms with Crippen molar-refractivity contribution in [2.24, 2.45) is 0 Å². The Labute approximate surface area is 46.6 Å². The van der Waals surface area contributed by atoms with E-state index in [-0.39, 0.29) is 7.43 Å². The van der Waals surface area contributed by atoms with Gasteiger partial charge in [-0.3, -0.25) is 0 Å². The lowest BCUT2D eigenvalue weighted by Gasteiger charge is -2.01. The lowest BCUT2D eigenvalue weighted by Crippen LogP contribution is -2.09. The molecule has 0 amide bonds. The Morgan fingerprint density at radius 2 is 2.00 bits per heavy atom. The molecular weight excluding hydrogens is 86.1 g/mol. The van der Waals surface area contributed by atoms with Gasteiger partial charge in [-0.25, -0.2) is 0 Å². The van der Waals surface area contributed by atoms with Crippen molar-refractivity contribution in [3.8, 4) is 0 Å². The number of rotatable bonds is 2. The van der Waals surface area contributed by atoms with E-state index in [9.17, 15) is 0 Å². The third-order valence-electron chi connectivity index (χ3n) is 0.494. The van der Waals surface area contributed by atoms with Gasteiger partial charge in [-0.15, -0.1) is 6.58 Å². The first-order chi connectivity index (χ1) is 2.77. The Hall–Kier alpha value is -0.300. The Bertz CT molecular complexity index is 39.4. The molecule has 0 aliphatic heterocycles. The van der Waals surface area contributed by atoms with Crippen LogP contribution in [0.3, 0.4) is 0 Å². The van der Waals surface area contributed by atoms with Gasteiger partial charge in [0.1, 0.15) is 0 Å². The van der Waals surface area contributed by atoms with Gasteiger partial charge in [0.15, 0.2) is 0 Å². The van der Waals surface area contributed by atoms with Crippen LogP contribution in [-0.4, -0.2) is 25.5 Å². The normalized spacial score (nSPS) is 7.86. The number of likely N-dealkylation sites (N-methyl/N-ethyl adjacent to an activating group) is 1. The zero-order valence-electron chi connectivity index (χ0n) is 4.44. The van der Waals surface area contributed by atoms with Gasteiger partial charge in [-0.2, -0.15) is 0 Å². The van der Waals surface area contributed by atoms with Crippen molar-refractivity contribution in [2.45, 2.75) is 7.43 Å². The first-order valence-corrected chi connectivity index (χ1v) is 2.03. The minimum absolute atomic E-state index is 0. The molecule has 0 atom stereocenters. The van der Waals surface area contributed by atoms with Crippen molar-refractivity contribution in [1.82, 2.24) is 4.90 Å². The highest BCUT2D eigenvalue weighted by molar-refractivity contribution is 4.68. The minimum atomic E-state index is 0. The quantitative estimate of drug-likeness (QED) is 0.475. The Kier molecular flexibility index (Phi) is 8.02. The smallest absolute Gasteiger partial charge is 0.0154 e. The molecule has 0 saturated carbocycles. The summed E-state index contributed by atoms with van der Waals surface area (Å²) in [6.45, 7) is 4.53. The fourth-order valence-electron chi connectivity index (χ4n) is 0.258. The molecule has 0 fully saturated rings. The summed E-state index contributed by atoms with van der Waals surface area (Å²) < 4.78 is 0. The molecule has 0 rings (SSSR count). The van der Waals surface area contributed by atoms with Crippen LogP contribution in [0.1, 0.15) is 7.43 Å². The topological polar surface area (TPSA) is 3.24 Å². The van der Waals surface area contributed by atoms with Crippen LogP contribution >= 0.6 is 0 Å². The molecule has 7 heavy (non-hydrogen) atoms. The van der Waals surface area contributed by atoms with E-state index < -0.39 is 0 Å². The van der Waals surface area contributed by atoms with E-state index in [1.807, 2.05) is 20.2 Å². The monoisotopic (exact) mass is 101 g/mol. The molecule has 0 saturated heterocycles. The van der Waals surface area contributed by atoms with Crippen LogP contribution in [-0.2, 0) is 0 Å². The van der Waals surface area contributed by atoms with Gasteiger partial charge < -0.3 is 4.90 Å². The summed E-state index contributed by atoms with van der Waals surface area (Å²) >= 11 is 0. The first kappa shape index (κ1) is 9.85. The standard InChI is InChI=1S/C5H11N.CH4/c1-4-5-6(2)3;/h4H,1,5H2,2-3H3;1H4. The van der Waals surface area contributed by atoms with E-state index in [1.54, 1.807) is 0 Å². The molecule has 0 N–H and O–H groups in total. The summed E-state index contributed by atoms with van der Waals surface area (Å²) in [5, 5.41) is 0. The van der Waals surface area contributed by atoms with Crippen molar-refractivity contribution in [3.63, 3.8) is 0 Å². The molecule has 0 aliphatic carbocycles. The molecule has 44 valence electrons. The van der Waals surface area contributed by atoms with Crippen molar-refractivity contribution in [3.05, 3.63) is 12.7 Å². The van der Waals surface area contributed by atoms with Crippen LogP contribution in [0.25, 0.3) is 0 Å². The summed E-state index contributed by atoms with van der Waals surface area (Å²) in [5.74, 6) is 0. The lowest BCUT2D eigenvalue weighted by molar-refractivity contribution is 0.457. The van der Waals surface area contributed by atoms with E-state index in [0.29, 0.717) is 0 Å². The summed E-state index contributed by atoms with van der Waals surface area (Å²) in [6, 6.07) is 0. The number of nitrogens with zero attached hydrogens (tertiary/aromatic N) is 1. The van der Waals surface area contributed by atoms with Gasteiger partial charge in [0.05, 0.1) is 0 Å². The van der Waals surface area contributed by atoms with Gasteiger partial charge in [-0.1, -0.05) is 13.5 Å². The third kappa shape index (κ3) is 10.7. The lowest BCUT2D eigenvalue weighted by atomic mass is 10.6. The summed E-state index contributed by atoms with van der Waals surface area (Å²) in [5.41, 5.74) is 0. The highest BCUT2D eigenvalue weighted by Gasteiger charge is 1.75. The largest absolute Gasteiger partial charge is 0.306 e. The van der Waals surface area contributed by atoms with Crippen LogP contribution in [0.4, 0.5) is 0 Å². The fraction of sp³-hybridized carbons (Fsp3) is 0.667. The summed E-state index contributed by atoms with van der Waals surface area (Å²) in [7, 11) is 4.03.